The lowest BCUT2D eigenvalue weighted by Crippen LogP contribution is -2.51. The molecule has 39 heavy (non-hydrogen) atoms. The summed E-state index contributed by atoms with van der Waals surface area (Å²) in [4.78, 5) is 30.6. The molecule has 0 bridgehead atoms. The maximum Gasteiger partial charge on any atom is 0.251 e. The zero-order valence-corrected chi connectivity index (χ0v) is 23.1. The number of morpholine rings is 1. The Hall–Kier alpha value is -3.53. The summed E-state index contributed by atoms with van der Waals surface area (Å²) < 4.78 is 6.15. The van der Waals surface area contributed by atoms with Crippen LogP contribution in [0, 0.1) is 6.92 Å². The molecule has 9 heteroatoms. The van der Waals surface area contributed by atoms with E-state index in [1.807, 2.05) is 61.7 Å². The third-order valence-corrected chi connectivity index (χ3v) is 8.38. The highest BCUT2D eigenvalue weighted by Crippen LogP contribution is 2.31. The fourth-order valence-corrected chi connectivity index (χ4v) is 5.92. The van der Waals surface area contributed by atoms with Crippen molar-refractivity contribution in [2.75, 3.05) is 43.9 Å². The zero-order chi connectivity index (χ0) is 26.8. The van der Waals surface area contributed by atoms with Gasteiger partial charge in [0.15, 0.2) is 0 Å². The predicted octanol–water partition coefficient (Wildman–Crippen LogP) is 4.22. The van der Waals surface area contributed by atoms with Gasteiger partial charge in [0.1, 0.15) is 5.82 Å². The highest BCUT2D eigenvalue weighted by molar-refractivity contribution is 7.98. The van der Waals surface area contributed by atoms with Crippen LogP contribution < -0.4 is 15.5 Å². The summed E-state index contributed by atoms with van der Waals surface area (Å²) in [6, 6.07) is 17.8. The van der Waals surface area contributed by atoms with Crippen LogP contribution in [-0.2, 0) is 11.3 Å². The lowest BCUT2D eigenvalue weighted by Gasteiger charge is -2.34. The van der Waals surface area contributed by atoms with Gasteiger partial charge in [-0.15, -0.1) is 11.8 Å². The minimum Gasteiger partial charge on any atom is -0.370 e. The average molecular weight is 541 g/mol. The summed E-state index contributed by atoms with van der Waals surface area (Å²) in [5.74, 6) is 0.826. The molecule has 1 spiro atoms. The fourth-order valence-electron chi connectivity index (χ4n) is 5.28. The number of aromatic nitrogens is 3. The number of hydrogen-bond acceptors (Lipinski definition) is 8. The summed E-state index contributed by atoms with van der Waals surface area (Å²) in [6.45, 7) is 6.69. The minimum atomic E-state index is -0.118. The number of benzene rings is 1. The molecule has 2 fully saturated rings. The number of hydrogen-bond donors (Lipinski definition) is 2. The molecule has 0 aliphatic carbocycles. The van der Waals surface area contributed by atoms with E-state index in [4.69, 9.17) is 14.7 Å². The molecule has 4 aromatic rings. The van der Waals surface area contributed by atoms with Gasteiger partial charge >= 0.3 is 0 Å². The van der Waals surface area contributed by atoms with Crippen LogP contribution in [0.3, 0.4) is 0 Å². The molecule has 1 aromatic carbocycles. The number of aryl methyl sites for hydroxylation is 1. The van der Waals surface area contributed by atoms with E-state index in [0.29, 0.717) is 12.1 Å². The van der Waals surface area contributed by atoms with Gasteiger partial charge in [0.25, 0.3) is 5.91 Å². The van der Waals surface area contributed by atoms with E-state index in [2.05, 4.69) is 26.6 Å². The fraction of sp³-hybridized carbons (Fsp3) is 0.333. The maximum absolute atomic E-state index is 12.8. The molecule has 3 aromatic heterocycles. The summed E-state index contributed by atoms with van der Waals surface area (Å²) in [5.41, 5.74) is 4.90. The van der Waals surface area contributed by atoms with Crippen molar-refractivity contribution in [1.82, 2.24) is 25.6 Å². The summed E-state index contributed by atoms with van der Waals surface area (Å²) >= 11 is 1.64. The van der Waals surface area contributed by atoms with Crippen molar-refractivity contribution < 1.29 is 9.53 Å². The van der Waals surface area contributed by atoms with E-state index in [-0.39, 0.29) is 11.5 Å². The van der Waals surface area contributed by atoms with E-state index >= 15 is 0 Å². The topological polar surface area (TPSA) is 92.3 Å². The second kappa shape index (κ2) is 10.9. The Morgan fingerprint density at radius 2 is 2.05 bits per heavy atom. The molecule has 0 radical (unpaired) electrons. The van der Waals surface area contributed by atoms with Crippen molar-refractivity contribution >= 4 is 34.4 Å². The number of nitrogens with one attached hydrogen (secondary N) is 2. The Kier molecular flexibility index (Phi) is 7.20. The lowest BCUT2D eigenvalue weighted by atomic mass is 10.0. The second-order valence-corrected chi connectivity index (χ2v) is 11.0. The predicted molar refractivity (Wildman–Crippen MR) is 155 cm³/mol. The first kappa shape index (κ1) is 25.7. The van der Waals surface area contributed by atoms with E-state index < -0.39 is 0 Å². The maximum atomic E-state index is 12.8. The molecule has 2 saturated heterocycles. The van der Waals surface area contributed by atoms with Gasteiger partial charge < -0.3 is 20.3 Å². The van der Waals surface area contributed by atoms with E-state index in [9.17, 15) is 4.79 Å². The third kappa shape index (κ3) is 5.48. The molecular weight excluding hydrogens is 508 g/mol. The van der Waals surface area contributed by atoms with Crippen LogP contribution in [0.5, 0.6) is 0 Å². The smallest absolute Gasteiger partial charge is 0.251 e. The Bertz CT molecular complexity index is 1520. The normalized spacial score (nSPS) is 19.1. The van der Waals surface area contributed by atoms with Crippen molar-refractivity contribution in [3.63, 3.8) is 0 Å². The van der Waals surface area contributed by atoms with Crippen molar-refractivity contribution in [3.8, 4) is 11.4 Å². The first-order valence-electron chi connectivity index (χ1n) is 13.3. The SMILES string of the molecule is CSc1cc(C(=O)NCc2cc3nc(-c4cccc(N5CCC6(CNCCO6)C5)n4)ccc3cn2)ccc1C. The number of carbonyl (C=O) groups is 1. The van der Waals surface area contributed by atoms with Gasteiger partial charge in [0, 0.05) is 48.2 Å². The standard InChI is InChI=1S/C30H32N6O2S/c1-20-6-7-21(14-27(20)39-2)29(37)33-17-23-15-26-22(16-32-23)8-9-25(34-26)24-4-3-5-28(35-24)36-12-10-30(19-36)18-31-11-13-38-30/h3-9,14-16,31H,10-13,17-19H2,1-2H3,(H,33,37). The van der Waals surface area contributed by atoms with Crippen molar-refractivity contribution in [2.24, 2.45) is 0 Å². The van der Waals surface area contributed by atoms with Crippen LogP contribution in [0.2, 0.25) is 0 Å². The van der Waals surface area contributed by atoms with Gasteiger partial charge in [0.2, 0.25) is 0 Å². The van der Waals surface area contributed by atoms with Gasteiger partial charge in [-0.2, -0.15) is 0 Å². The molecule has 2 aliphatic heterocycles. The van der Waals surface area contributed by atoms with Gasteiger partial charge in [-0.1, -0.05) is 12.1 Å². The Balaban J connectivity index is 1.18. The number of pyridine rings is 3. The number of thioether (sulfide) groups is 1. The zero-order valence-electron chi connectivity index (χ0n) is 22.2. The van der Waals surface area contributed by atoms with Crippen LogP contribution in [0.15, 0.2) is 65.7 Å². The number of fused-ring (bicyclic) bond motifs is 1. The second-order valence-electron chi connectivity index (χ2n) is 10.2. The molecule has 1 amide bonds. The Morgan fingerprint density at radius 3 is 2.90 bits per heavy atom. The van der Waals surface area contributed by atoms with Crippen molar-refractivity contribution in [3.05, 3.63) is 77.6 Å². The molecule has 8 nitrogen and oxygen atoms in total. The molecule has 2 N–H and O–H groups in total. The van der Waals surface area contributed by atoms with Gasteiger partial charge in [-0.05, 0) is 67.6 Å². The highest BCUT2D eigenvalue weighted by Gasteiger charge is 2.40. The number of amides is 1. The van der Waals surface area contributed by atoms with Crippen LogP contribution in [0.25, 0.3) is 22.3 Å². The van der Waals surface area contributed by atoms with Gasteiger partial charge in [-0.25, -0.2) is 9.97 Å². The Morgan fingerprint density at radius 1 is 1.15 bits per heavy atom. The molecule has 5 heterocycles. The molecule has 1 atom stereocenters. The van der Waals surface area contributed by atoms with E-state index in [0.717, 1.165) is 83.5 Å². The van der Waals surface area contributed by atoms with Crippen molar-refractivity contribution in [2.45, 2.75) is 30.4 Å². The monoisotopic (exact) mass is 540 g/mol. The highest BCUT2D eigenvalue weighted by atomic mass is 32.2. The Labute approximate surface area is 232 Å². The molecule has 200 valence electrons. The first-order valence-corrected chi connectivity index (χ1v) is 14.5. The van der Waals surface area contributed by atoms with Crippen LogP contribution >= 0.6 is 11.8 Å². The number of rotatable bonds is 6. The molecule has 6 rings (SSSR count). The van der Waals surface area contributed by atoms with E-state index in [1.165, 1.54) is 0 Å². The molecule has 1 unspecified atom stereocenters. The molecular formula is C30H32N6O2S. The number of carbonyl (C=O) groups excluding carboxylic acids is 1. The summed E-state index contributed by atoms with van der Waals surface area (Å²) in [6.07, 6.45) is 4.81. The third-order valence-electron chi connectivity index (χ3n) is 7.50. The van der Waals surface area contributed by atoms with Gasteiger partial charge in [-0.3, -0.25) is 9.78 Å². The summed E-state index contributed by atoms with van der Waals surface area (Å²) in [7, 11) is 0. The first-order chi connectivity index (χ1) is 19.0. The molecule has 2 aliphatic rings. The number of anilines is 1. The number of ether oxygens (including phenoxy) is 1. The van der Waals surface area contributed by atoms with Crippen LogP contribution in [-0.4, -0.2) is 65.5 Å². The lowest BCUT2D eigenvalue weighted by molar-refractivity contribution is -0.0496. The molecule has 0 saturated carbocycles. The minimum absolute atomic E-state index is 0.118. The quantitative estimate of drug-likeness (QED) is 0.351. The average Bonchev–Trinajstić information content (AvgIpc) is 3.39. The van der Waals surface area contributed by atoms with Crippen LogP contribution in [0.1, 0.15) is 28.0 Å². The largest absolute Gasteiger partial charge is 0.370 e. The van der Waals surface area contributed by atoms with Crippen molar-refractivity contribution in [1.29, 1.82) is 0 Å². The van der Waals surface area contributed by atoms with Crippen LogP contribution in [0.4, 0.5) is 5.82 Å². The van der Waals surface area contributed by atoms with Gasteiger partial charge in [0.05, 0.1) is 41.4 Å². The summed E-state index contributed by atoms with van der Waals surface area (Å²) in [5, 5.41) is 7.40. The number of nitrogens with zero attached hydrogens (tertiary/aromatic N) is 4. The van der Waals surface area contributed by atoms with E-state index in [1.54, 1.807) is 18.0 Å².